The molecule has 6 heteroatoms. The van der Waals surface area contributed by atoms with E-state index in [1.165, 1.54) is 0 Å². The normalized spacial score (nSPS) is 18.3. The first-order chi connectivity index (χ1) is 12.1. The van der Waals surface area contributed by atoms with Gasteiger partial charge < -0.3 is 10.1 Å². The second-order valence-electron chi connectivity index (χ2n) is 6.78. The van der Waals surface area contributed by atoms with Crippen LogP contribution in [0.4, 0.5) is 10.6 Å². The van der Waals surface area contributed by atoms with Crippen LogP contribution in [0, 0.1) is 5.92 Å². The molecule has 0 saturated carbocycles. The second-order valence-corrected chi connectivity index (χ2v) is 6.78. The highest BCUT2D eigenvalue weighted by Gasteiger charge is 2.23. The van der Waals surface area contributed by atoms with Crippen LogP contribution >= 0.6 is 0 Å². The van der Waals surface area contributed by atoms with Crippen LogP contribution in [0.1, 0.15) is 44.3 Å². The van der Waals surface area contributed by atoms with Crippen molar-refractivity contribution < 1.29 is 9.53 Å². The number of anilines is 1. The van der Waals surface area contributed by atoms with Crippen LogP contribution in [0.3, 0.4) is 0 Å². The Balaban J connectivity index is 1.68. The maximum atomic E-state index is 12.5. The van der Waals surface area contributed by atoms with Gasteiger partial charge in [0.05, 0.1) is 12.2 Å². The van der Waals surface area contributed by atoms with E-state index in [2.05, 4.69) is 27.9 Å². The van der Waals surface area contributed by atoms with Gasteiger partial charge in [-0.2, -0.15) is 5.10 Å². The highest BCUT2D eigenvalue weighted by molar-refractivity contribution is 5.88. The molecule has 2 heterocycles. The average molecular weight is 342 g/mol. The Kier molecular flexibility index (Phi) is 5.71. The van der Waals surface area contributed by atoms with Crippen molar-refractivity contribution in [1.82, 2.24) is 15.1 Å². The zero-order valence-corrected chi connectivity index (χ0v) is 14.8. The Labute approximate surface area is 148 Å². The Bertz CT molecular complexity index is 678. The highest BCUT2D eigenvalue weighted by Crippen LogP contribution is 2.26. The second kappa shape index (κ2) is 8.16. The third kappa shape index (κ3) is 4.60. The molecule has 25 heavy (non-hydrogen) atoms. The molecule has 1 saturated heterocycles. The van der Waals surface area contributed by atoms with Crippen molar-refractivity contribution >= 4 is 11.8 Å². The smallest absolute Gasteiger partial charge is 0.320 e. The molecule has 1 aliphatic heterocycles. The standard InChI is InChI=1S/C19H26N4O2/c1-14(2)23-18(8-10-20-23)22-19(24)21-17(12-15-9-11-25-13-15)16-6-4-3-5-7-16/h3-8,10,14-15,17H,9,11-13H2,1-2H3,(H2,21,22,24)/t15-,17+/m0/s1. The Hall–Kier alpha value is -2.34. The van der Waals surface area contributed by atoms with Crippen molar-refractivity contribution in [3.05, 3.63) is 48.2 Å². The molecule has 2 amide bonds. The van der Waals surface area contributed by atoms with Gasteiger partial charge in [-0.3, -0.25) is 5.32 Å². The number of hydrogen-bond acceptors (Lipinski definition) is 3. The van der Waals surface area contributed by atoms with E-state index in [4.69, 9.17) is 4.74 Å². The lowest BCUT2D eigenvalue weighted by molar-refractivity contribution is 0.181. The van der Waals surface area contributed by atoms with Gasteiger partial charge in [0, 0.05) is 25.3 Å². The third-order valence-corrected chi connectivity index (χ3v) is 4.50. The molecule has 134 valence electrons. The summed E-state index contributed by atoms with van der Waals surface area (Å²) in [6.07, 6.45) is 3.62. The van der Waals surface area contributed by atoms with Crippen LogP contribution in [0.15, 0.2) is 42.6 Å². The largest absolute Gasteiger partial charge is 0.381 e. The molecule has 2 atom stereocenters. The number of nitrogens with zero attached hydrogens (tertiary/aromatic N) is 2. The van der Waals surface area contributed by atoms with Gasteiger partial charge in [-0.05, 0) is 38.2 Å². The summed E-state index contributed by atoms with van der Waals surface area (Å²) in [6.45, 7) is 5.64. The van der Waals surface area contributed by atoms with E-state index >= 15 is 0 Å². The molecule has 2 aromatic rings. The summed E-state index contributed by atoms with van der Waals surface area (Å²) in [5.41, 5.74) is 1.11. The monoisotopic (exact) mass is 342 g/mol. The summed E-state index contributed by atoms with van der Waals surface area (Å²) >= 11 is 0. The summed E-state index contributed by atoms with van der Waals surface area (Å²) in [7, 11) is 0. The van der Waals surface area contributed by atoms with Crippen molar-refractivity contribution in [2.45, 2.75) is 38.8 Å². The number of carbonyl (C=O) groups is 1. The average Bonchev–Trinajstić information content (AvgIpc) is 3.27. The maximum Gasteiger partial charge on any atom is 0.320 e. The Morgan fingerprint density at radius 2 is 2.12 bits per heavy atom. The molecule has 1 aromatic carbocycles. The minimum absolute atomic E-state index is 0.0386. The lowest BCUT2D eigenvalue weighted by Crippen LogP contribution is -2.34. The predicted molar refractivity (Wildman–Crippen MR) is 97.5 cm³/mol. The summed E-state index contributed by atoms with van der Waals surface area (Å²) < 4.78 is 7.28. The number of hydrogen-bond donors (Lipinski definition) is 2. The highest BCUT2D eigenvalue weighted by atomic mass is 16.5. The Morgan fingerprint density at radius 3 is 2.80 bits per heavy atom. The van der Waals surface area contributed by atoms with Crippen LogP contribution in [0.2, 0.25) is 0 Å². The van der Waals surface area contributed by atoms with Gasteiger partial charge in [-0.15, -0.1) is 0 Å². The molecular formula is C19H26N4O2. The van der Waals surface area contributed by atoms with E-state index in [1.807, 2.05) is 38.1 Å². The van der Waals surface area contributed by atoms with Crippen molar-refractivity contribution in [2.24, 2.45) is 5.92 Å². The molecule has 1 aliphatic rings. The summed E-state index contributed by atoms with van der Waals surface area (Å²) in [5, 5.41) is 10.3. The van der Waals surface area contributed by atoms with Gasteiger partial charge in [0.1, 0.15) is 5.82 Å². The van der Waals surface area contributed by atoms with E-state index in [9.17, 15) is 4.79 Å². The minimum Gasteiger partial charge on any atom is -0.381 e. The number of urea groups is 1. The third-order valence-electron chi connectivity index (χ3n) is 4.50. The fourth-order valence-electron chi connectivity index (χ4n) is 3.20. The first-order valence-electron chi connectivity index (χ1n) is 8.87. The first kappa shape index (κ1) is 17.5. The molecule has 2 N–H and O–H groups in total. The molecule has 0 radical (unpaired) electrons. The molecular weight excluding hydrogens is 316 g/mol. The fourth-order valence-corrected chi connectivity index (χ4v) is 3.20. The zero-order valence-electron chi connectivity index (χ0n) is 14.8. The summed E-state index contributed by atoms with van der Waals surface area (Å²) in [4.78, 5) is 12.5. The fraction of sp³-hybridized carbons (Fsp3) is 0.474. The first-order valence-corrected chi connectivity index (χ1v) is 8.87. The van der Waals surface area contributed by atoms with Gasteiger partial charge in [0.2, 0.25) is 0 Å². The van der Waals surface area contributed by atoms with Crippen LogP contribution < -0.4 is 10.6 Å². The topological polar surface area (TPSA) is 68.2 Å². The number of ether oxygens (including phenoxy) is 1. The van der Waals surface area contributed by atoms with E-state index < -0.39 is 0 Å². The van der Waals surface area contributed by atoms with Crippen LogP contribution in [-0.2, 0) is 4.74 Å². The van der Waals surface area contributed by atoms with Gasteiger partial charge in [-0.25, -0.2) is 9.48 Å². The lowest BCUT2D eigenvalue weighted by Gasteiger charge is -2.22. The van der Waals surface area contributed by atoms with Crippen molar-refractivity contribution in [3.8, 4) is 0 Å². The quantitative estimate of drug-likeness (QED) is 0.840. The molecule has 1 fully saturated rings. The summed E-state index contributed by atoms with van der Waals surface area (Å²) in [5.74, 6) is 1.18. The molecule has 0 aliphatic carbocycles. The SMILES string of the molecule is CC(C)n1nccc1NC(=O)N[C@H](C[C@@H]1CCOC1)c1ccccc1. The molecule has 0 bridgehead atoms. The van der Waals surface area contributed by atoms with Crippen LogP contribution in [0.5, 0.6) is 0 Å². The van der Waals surface area contributed by atoms with Crippen molar-refractivity contribution in [1.29, 1.82) is 0 Å². The molecule has 6 nitrogen and oxygen atoms in total. The number of aromatic nitrogens is 2. The van der Waals surface area contributed by atoms with E-state index in [-0.39, 0.29) is 18.1 Å². The number of amides is 2. The van der Waals surface area contributed by atoms with Crippen molar-refractivity contribution in [3.63, 3.8) is 0 Å². The molecule has 0 unspecified atom stereocenters. The van der Waals surface area contributed by atoms with E-state index in [1.54, 1.807) is 10.9 Å². The van der Waals surface area contributed by atoms with Gasteiger partial charge >= 0.3 is 6.03 Å². The number of benzene rings is 1. The predicted octanol–water partition coefficient (Wildman–Crippen LogP) is 3.75. The zero-order chi connectivity index (χ0) is 17.6. The van der Waals surface area contributed by atoms with Gasteiger partial charge in [0.25, 0.3) is 0 Å². The number of rotatable bonds is 6. The van der Waals surface area contributed by atoms with Gasteiger partial charge in [-0.1, -0.05) is 30.3 Å². The number of carbonyl (C=O) groups excluding carboxylic acids is 1. The lowest BCUT2D eigenvalue weighted by atomic mass is 9.94. The number of nitrogens with one attached hydrogen (secondary N) is 2. The van der Waals surface area contributed by atoms with E-state index in [0.29, 0.717) is 11.7 Å². The summed E-state index contributed by atoms with van der Waals surface area (Å²) in [6, 6.07) is 11.8. The molecule has 3 rings (SSSR count). The van der Waals surface area contributed by atoms with E-state index in [0.717, 1.165) is 31.6 Å². The van der Waals surface area contributed by atoms with Crippen LogP contribution in [0.25, 0.3) is 0 Å². The minimum atomic E-state index is -0.213. The van der Waals surface area contributed by atoms with Crippen LogP contribution in [-0.4, -0.2) is 29.0 Å². The Morgan fingerprint density at radius 1 is 1.32 bits per heavy atom. The van der Waals surface area contributed by atoms with Gasteiger partial charge in [0.15, 0.2) is 0 Å². The molecule has 0 spiro atoms. The molecule has 1 aromatic heterocycles. The maximum absolute atomic E-state index is 12.5. The van der Waals surface area contributed by atoms with Crippen molar-refractivity contribution in [2.75, 3.05) is 18.5 Å².